The molecule has 104 valence electrons. The highest BCUT2D eigenvalue weighted by Crippen LogP contribution is 2.09. The topological polar surface area (TPSA) is 81.7 Å². The maximum Gasteiger partial charge on any atom is 0.314 e. The summed E-state index contributed by atoms with van der Waals surface area (Å²) in [7, 11) is 0. The summed E-state index contributed by atoms with van der Waals surface area (Å²) in [6.45, 7) is 6.23. The van der Waals surface area contributed by atoms with Gasteiger partial charge in [-0.1, -0.05) is 6.92 Å². The molecule has 0 aromatic carbocycles. The zero-order valence-electron chi connectivity index (χ0n) is 10.9. The molecule has 1 atom stereocenters. The van der Waals surface area contributed by atoms with E-state index in [0.717, 1.165) is 19.6 Å². The molecule has 0 radical (unpaired) electrons. The number of carboxylic acid groups (broad SMARTS) is 1. The average Bonchev–Trinajstić information content (AvgIpc) is 2.78. The molecule has 1 aliphatic rings. The zero-order chi connectivity index (χ0) is 13.4. The maximum absolute atomic E-state index is 11.3. The third-order valence-electron chi connectivity index (χ3n) is 3.00. The summed E-state index contributed by atoms with van der Waals surface area (Å²) in [5.74, 6) is -0.494. The number of rotatable bonds is 7. The Bertz CT molecular complexity index is 278. The Kier molecular flexibility index (Phi) is 6.49. The van der Waals surface area contributed by atoms with E-state index in [-0.39, 0.29) is 19.0 Å². The van der Waals surface area contributed by atoms with Gasteiger partial charge in [0.2, 0.25) is 0 Å². The number of carbonyl (C=O) groups excluding carboxylic acids is 1. The van der Waals surface area contributed by atoms with Crippen LogP contribution in [0.1, 0.15) is 26.2 Å². The lowest BCUT2D eigenvalue weighted by Crippen LogP contribution is -2.40. The molecule has 6 heteroatoms. The van der Waals surface area contributed by atoms with Gasteiger partial charge in [0.25, 0.3) is 0 Å². The Morgan fingerprint density at radius 3 is 2.56 bits per heavy atom. The van der Waals surface area contributed by atoms with Gasteiger partial charge in [-0.25, -0.2) is 4.79 Å². The normalized spacial score (nSPS) is 17.4. The second-order valence-corrected chi connectivity index (χ2v) is 4.89. The summed E-state index contributed by atoms with van der Waals surface area (Å²) in [5.41, 5.74) is 0. The van der Waals surface area contributed by atoms with Crippen molar-refractivity contribution in [1.29, 1.82) is 0 Å². The predicted octanol–water partition coefficient (Wildman–Crippen LogP) is 0.492. The Morgan fingerprint density at radius 2 is 1.94 bits per heavy atom. The number of hydrogen-bond donors (Lipinski definition) is 3. The third kappa shape index (κ3) is 6.44. The van der Waals surface area contributed by atoms with Crippen molar-refractivity contribution in [3.63, 3.8) is 0 Å². The fraction of sp³-hybridized carbons (Fsp3) is 0.833. The molecule has 6 nitrogen and oxygen atoms in total. The Labute approximate surface area is 108 Å². The highest BCUT2D eigenvalue weighted by molar-refractivity contribution is 5.74. The molecule has 0 bridgehead atoms. The summed E-state index contributed by atoms with van der Waals surface area (Å²) >= 11 is 0. The van der Waals surface area contributed by atoms with Crippen LogP contribution in [0, 0.1) is 5.92 Å². The van der Waals surface area contributed by atoms with Crippen LogP contribution in [0.2, 0.25) is 0 Å². The third-order valence-corrected chi connectivity index (χ3v) is 3.00. The molecular formula is C12H23N3O3. The van der Waals surface area contributed by atoms with E-state index < -0.39 is 5.97 Å². The molecule has 0 aliphatic carbocycles. The summed E-state index contributed by atoms with van der Waals surface area (Å²) in [6.07, 6.45) is 2.50. The van der Waals surface area contributed by atoms with E-state index in [0.29, 0.717) is 12.5 Å². The van der Waals surface area contributed by atoms with Gasteiger partial charge in [0.05, 0.1) is 6.42 Å². The molecule has 1 unspecified atom stereocenters. The van der Waals surface area contributed by atoms with Crippen molar-refractivity contribution < 1.29 is 14.7 Å². The van der Waals surface area contributed by atoms with Gasteiger partial charge in [-0.2, -0.15) is 0 Å². The molecule has 1 saturated heterocycles. The SMILES string of the molecule is CC(CNC(=O)NCCC(=O)O)CN1CCCC1. The van der Waals surface area contributed by atoms with E-state index in [1.165, 1.54) is 12.8 Å². The second-order valence-electron chi connectivity index (χ2n) is 4.89. The summed E-state index contributed by atoms with van der Waals surface area (Å²) in [4.78, 5) is 24.0. The minimum absolute atomic E-state index is 0.0449. The molecule has 0 aromatic heterocycles. The van der Waals surface area contributed by atoms with Crippen molar-refractivity contribution in [3.05, 3.63) is 0 Å². The van der Waals surface area contributed by atoms with Gasteiger partial charge in [-0.3, -0.25) is 4.79 Å². The van der Waals surface area contributed by atoms with Gasteiger partial charge in [0.1, 0.15) is 0 Å². The van der Waals surface area contributed by atoms with Crippen molar-refractivity contribution in [2.24, 2.45) is 5.92 Å². The lowest BCUT2D eigenvalue weighted by Gasteiger charge is -2.20. The molecule has 0 saturated carbocycles. The van der Waals surface area contributed by atoms with E-state index in [9.17, 15) is 9.59 Å². The van der Waals surface area contributed by atoms with Crippen LogP contribution in [0.3, 0.4) is 0 Å². The van der Waals surface area contributed by atoms with Gasteiger partial charge >= 0.3 is 12.0 Å². The molecule has 0 spiro atoms. The quantitative estimate of drug-likeness (QED) is 0.620. The van der Waals surface area contributed by atoms with Crippen molar-refractivity contribution >= 4 is 12.0 Å². The number of nitrogens with one attached hydrogen (secondary N) is 2. The van der Waals surface area contributed by atoms with Crippen LogP contribution in [0.25, 0.3) is 0 Å². The number of aliphatic carboxylic acids is 1. The lowest BCUT2D eigenvalue weighted by molar-refractivity contribution is -0.136. The first kappa shape index (κ1) is 14.8. The molecule has 3 N–H and O–H groups in total. The first-order valence-corrected chi connectivity index (χ1v) is 6.54. The molecule has 1 fully saturated rings. The van der Waals surface area contributed by atoms with Crippen LogP contribution < -0.4 is 10.6 Å². The van der Waals surface area contributed by atoms with Gasteiger partial charge in [-0.05, 0) is 31.8 Å². The predicted molar refractivity (Wildman–Crippen MR) is 68.5 cm³/mol. The second kappa shape index (κ2) is 7.92. The molecule has 18 heavy (non-hydrogen) atoms. The number of likely N-dealkylation sites (tertiary alicyclic amines) is 1. The van der Waals surface area contributed by atoms with Crippen LogP contribution in [-0.2, 0) is 4.79 Å². The number of urea groups is 1. The van der Waals surface area contributed by atoms with E-state index in [4.69, 9.17) is 5.11 Å². The summed E-state index contributed by atoms with van der Waals surface area (Å²) in [5, 5.41) is 13.7. The van der Waals surface area contributed by atoms with Gasteiger partial charge in [0.15, 0.2) is 0 Å². The van der Waals surface area contributed by atoms with Gasteiger partial charge < -0.3 is 20.6 Å². The highest BCUT2D eigenvalue weighted by atomic mass is 16.4. The number of carboxylic acids is 1. The number of carbonyl (C=O) groups is 2. The maximum atomic E-state index is 11.3. The van der Waals surface area contributed by atoms with Crippen molar-refractivity contribution in [3.8, 4) is 0 Å². The van der Waals surface area contributed by atoms with Crippen LogP contribution >= 0.6 is 0 Å². The summed E-state index contributed by atoms with van der Waals surface area (Å²) < 4.78 is 0. The van der Waals surface area contributed by atoms with E-state index in [2.05, 4.69) is 22.5 Å². The van der Waals surface area contributed by atoms with Crippen molar-refractivity contribution in [1.82, 2.24) is 15.5 Å². The van der Waals surface area contributed by atoms with E-state index in [1.807, 2.05) is 0 Å². The summed E-state index contributed by atoms with van der Waals surface area (Å²) in [6, 6.07) is -0.287. The lowest BCUT2D eigenvalue weighted by atomic mass is 10.1. The fourth-order valence-electron chi connectivity index (χ4n) is 2.08. The number of amides is 2. The molecule has 1 rings (SSSR count). The fourth-order valence-corrected chi connectivity index (χ4v) is 2.08. The standard InChI is InChI=1S/C12H23N3O3/c1-10(9-15-6-2-3-7-15)8-14-12(18)13-5-4-11(16)17/h10H,2-9H2,1H3,(H,16,17)(H2,13,14,18). The largest absolute Gasteiger partial charge is 0.481 e. The van der Waals surface area contributed by atoms with Crippen LogP contribution in [0.15, 0.2) is 0 Å². The number of nitrogens with zero attached hydrogens (tertiary/aromatic N) is 1. The van der Waals surface area contributed by atoms with Crippen LogP contribution in [0.4, 0.5) is 4.79 Å². The molecule has 0 aromatic rings. The molecule has 2 amide bonds. The van der Waals surface area contributed by atoms with Crippen LogP contribution in [0.5, 0.6) is 0 Å². The van der Waals surface area contributed by atoms with E-state index in [1.54, 1.807) is 0 Å². The molecular weight excluding hydrogens is 234 g/mol. The monoisotopic (exact) mass is 257 g/mol. The first-order chi connectivity index (χ1) is 8.58. The van der Waals surface area contributed by atoms with Gasteiger partial charge in [-0.15, -0.1) is 0 Å². The smallest absolute Gasteiger partial charge is 0.314 e. The molecule has 1 heterocycles. The molecule has 1 aliphatic heterocycles. The van der Waals surface area contributed by atoms with E-state index >= 15 is 0 Å². The van der Waals surface area contributed by atoms with Crippen molar-refractivity contribution in [2.75, 3.05) is 32.7 Å². The van der Waals surface area contributed by atoms with Gasteiger partial charge in [0, 0.05) is 19.6 Å². The first-order valence-electron chi connectivity index (χ1n) is 6.54. The minimum atomic E-state index is -0.905. The number of hydrogen-bond acceptors (Lipinski definition) is 3. The highest BCUT2D eigenvalue weighted by Gasteiger charge is 2.14. The average molecular weight is 257 g/mol. The van der Waals surface area contributed by atoms with Crippen molar-refractivity contribution in [2.45, 2.75) is 26.2 Å². The Balaban J connectivity index is 2.03. The van der Waals surface area contributed by atoms with Crippen LogP contribution in [-0.4, -0.2) is 54.7 Å². The Morgan fingerprint density at radius 1 is 1.28 bits per heavy atom. The Hall–Kier alpha value is -1.30. The minimum Gasteiger partial charge on any atom is -0.481 e. The zero-order valence-corrected chi connectivity index (χ0v) is 10.9.